The van der Waals surface area contributed by atoms with Crippen LogP contribution in [0.15, 0.2) is 96.0 Å². The Morgan fingerprint density at radius 3 is 2.36 bits per heavy atom. The quantitative estimate of drug-likeness (QED) is 0.135. The SMILES string of the molecule is CCNC(=O)CC1N=C(c2ccc(Cl)cc2)c2cc(OCC(=O)NCc3cccc(C4CCN(C(=O)c5ccc([Si](C)(C)O)cc5)CC4)c3)ccc2-n2c(C)nnc21. The lowest BCUT2D eigenvalue weighted by Gasteiger charge is -2.32. The van der Waals surface area contributed by atoms with E-state index in [0.29, 0.717) is 65.8 Å². The summed E-state index contributed by atoms with van der Waals surface area (Å²) < 4.78 is 7.97. The topological polar surface area (TPSA) is 151 Å². The molecule has 0 spiro atoms. The minimum Gasteiger partial charge on any atom is -0.484 e. The van der Waals surface area contributed by atoms with Crippen LogP contribution in [0.4, 0.5) is 0 Å². The molecule has 300 valence electrons. The van der Waals surface area contributed by atoms with Crippen molar-refractivity contribution in [2.45, 2.75) is 64.7 Å². The van der Waals surface area contributed by atoms with E-state index in [0.717, 1.165) is 40.4 Å². The first-order valence-corrected chi connectivity index (χ1v) is 23.0. The maximum Gasteiger partial charge on any atom is 0.258 e. The molecule has 0 bridgehead atoms. The van der Waals surface area contributed by atoms with Gasteiger partial charge in [-0.2, -0.15) is 0 Å². The molecular weight excluding hydrogens is 770 g/mol. The van der Waals surface area contributed by atoms with Crippen molar-refractivity contribution < 1.29 is 23.9 Å². The molecule has 2 aliphatic heterocycles. The van der Waals surface area contributed by atoms with Crippen molar-refractivity contribution in [1.29, 1.82) is 0 Å². The Morgan fingerprint density at radius 2 is 1.66 bits per heavy atom. The van der Waals surface area contributed by atoms with Crippen LogP contribution in [0, 0.1) is 6.92 Å². The van der Waals surface area contributed by atoms with Crippen LogP contribution in [-0.2, 0) is 16.1 Å². The fraction of sp³-hybridized carbons (Fsp3) is 0.318. The fourth-order valence-electron chi connectivity index (χ4n) is 7.56. The highest BCUT2D eigenvalue weighted by atomic mass is 35.5. The Hall–Kier alpha value is -5.63. The minimum atomic E-state index is -2.42. The monoisotopic (exact) mass is 817 g/mol. The molecule has 1 fully saturated rings. The van der Waals surface area contributed by atoms with E-state index in [-0.39, 0.29) is 30.7 Å². The number of amides is 3. The number of aryl methyl sites for hydroxylation is 1. The lowest BCUT2D eigenvalue weighted by atomic mass is 9.88. The second-order valence-corrected chi connectivity index (χ2v) is 19.4. The number of halogens is 1. The third-order valence-electron chi connectivity index (χ3n) is 10.7. The number of fused-ring (bicyclic) bond motifs is 3. The number of aromatic nitrogens is 3. The van der Waals surface area contributed by atoms with Crippen molar-refractivity contribution in [2.24, 2.45) is 4.99 Å². The maximum absolute atomic E-state index is 13.2. The van der Waals surface area contributed by atoms with E-state index >= 15 is 0 Å². The summed E-state index contributed by atoms with van der Waals surface area (Å²) in [6.45, 7) is 9.43. The normalized spacial score (nSPS) is 15.4. The molecule has 0 aliphatic carbocycles. The second kappa shape index (κ2) is 17.5. The van der Waals surface area contributed by atoms with Gasteiger partial charge in [-0.1, -0.05) is 60.1 Å². The summed E-state index contributed by atoms with van der Waals surface area (Å²) in [6, 6.07) is 27.9. The summed E-state index contributed by atoms with van der Waals surface area (Å²) in [5.41, 5.74) is 5.76. The van der Waals surface area contributed by atoms with Crippen molar-refractivity contribution in [3.63, 3.8) is 0 Å². The van der Waals surface area contributed by atoms with Gasteiger partial charge in [-0.05, 0) is 104 Å². The van der Waals surface area contributed by atoms with Crippen molar-refractivity contribution in [3.05, 3.63) is 135 Å². The van der Waals surface area contributed by atoms with Crippen LogP contribution in [0.1, 0.15) is 82.4 Å². The molecule has 7 rings (SSSR count). The highest BCUT2D eigenvalue weighted by Gasteiger charge is 2.30. The van der Waals surface area contributed by atoms with Crippen LogP contribution >= 0.6 is 11.6 Å². The summed E-state index contributed by atoms with van der Waals surface area (Å²) in [6.07, 6.45) is 1.79. The number of nitrogens with zero attached hydrogens (tertiary/aromatic N) is 5. The lowest BCUT2D eigenvalue weighted by molar-refractivity contribution is -0.123. The zero-order chi connectivity index (χ0) is 41.0. The van der Waals surface area contributed by atoms with E-state index in [1.54, 1.807) is 18.2 Å². The van der Waals surface area contributed by atoms with Crippen molar-refractivity contribution in [3.8, 4) is 11.4 Å². The number of hydrogen-bond acceptors (Lipinski definition) is 8. The number of nitrogens with one attached hydrogen (secondary N) is 2. The molecule has 3 heterocycles. The molecule has 3 N–H and O–H groups in total. The van der Waals surface area contributed by atoms with E-state index < -0.39 is 14.4 Å². The average molecular weight is 818 g/mol. The van der Waals surface area contributed by atoms with Crippen molar-refractivity contribution in [2.75, 3.05) is 26.2 Å². The van der Waals surface area contributed by atoms with E-state index in [1.165, 1.54) is 5.56 Å². The van der Waals surface area contributed by atoms with Crippen molar-refractivity contribution >= 4 is 48.5 Å². The van der Waals surface area contributed by atoms with E-state index in [9.17, 15) is 19.2 Å². The highest BCUT2D eigenvalue weighted by molar-refractivity contribution is 6.83. The Bertz CT molecular complexity index is 2330. The molecule has 58 heavy (non-hydrogen) atoms. The molecule has 3 amide bonds. The van der Waals surface area contributed by atoms with Gasteiger partial charge in [0.2, 0.25) is 14.2 Å². The van der Waals surface area contributed by atoms with Gasteiger partial charge in [-0.15, -0.1) is 10.2 Å². The number of aliphatic imine (C=N–C) groups is 1. The van der Waals surface area contributed by atoms with Crippen LogP contribution in [-0.4, -0.2) is 82.5 Å². The van der Waals surface area contributed by atoms with Gasteiger partial charge in [0.25, 0.3) is 11.8 Å². The molecule has 0 radical (unpaired) electrons. The summed E-state index contributed by atoms with van der Waals surface area (Å²) in [5.74, 6) is 1.59. The molecule has 2 aliphatic rings. The molecule has 5 aromatic rings. The number of likely N-dealkylation sites (tertiary alicyclic amines) is 1. The molecule has 1 atom stereocenters. The minimum absolute atomic E-state index is 0.0174. The first-order valence-electron chi connectivity index (χ1n) is 19.7. The predicted molar refractivity (Wildman–Crippen MR) is 227 cm³/mol. The molecule has 14 heteroatoms. The van der Waals surface area contributed by atoms with Gasteiger partial charge in [-0.3, -0.25) is 23.9 Å². The largest absolute Gasteiger partial charge is 0.484 e. The van der Waals surface area contributed by atoms with E-state index in [4.69, 9.17) is 21.3 Å². The highest BCUT2D eigenvalue weighted by Crippen LogP contribution is 2.35. The summed E-state index contributed by atoms with van der Waals surface area (Å²) in [5, 5.41) is 16.1. The number of piperidine rings is 1. The zero-order valence-corrected chi connectivity index (χ0v) is 34.9. The Kier molecular flexibility index (Phi) is 12.2. The molecular formula is C44H48ClN7O5Si. The van der Waals surface area contributed by atoms with Crippen LogP contribution in [0.5, 0.6) is 5.75 Å². The van der Waals surface area contributed by atoms with E-state index in [2.05, 4.69) is 33.0 Å². The van der Waals surface area contributed by atoms with Crippen LogP contribution in [0.25, 0.3) is 5.69 Å². The Balaban J connectivity index is 0.991. The van der Waals surface area contributed by atoms with Gasteiger partial charge >= 0.3 is 0 Å². The first kappa shape index (κ1) is 40.6. The average Bonchev–Trinajstić information content (AvgIpc) is 3.55. The molecule has 1 unspecified atom stereocenters. The number of hydrogen-bond donors (Lipinski definition) is 3. The molecule has 1 saturated heterocycles. The standard InChI is InChI=1S/C44H48ClN7O5Si/c1-5-46-40(53)25-38-43-50-49-28(2)52(43)39-18-15-35(24-37(39)42(48-38)31-9-13-34(45)14-10-31)57-27-41(54)47-26-29-7-6-8-33(23-29)30-19-21-51(22-20-30)44(55)32-11-16-36(17-12-32)58(3,4)56/h6-18,23-24,30,38,56H,5,19-22,25-27H2,1-4H3,(H,46,53)(H,47,54). The number of ether oxygens (including phenoxy) is 1. The molecule has 12 nitrogen and oxygen atoms in total. The second-order valence-electron chi connectivity index (χ2n) is 15.3. The molecule has 0 saturated carbocycles. The zero-order valence-electron chi connectivity index (χ0n) is 33.2. The summed E-state index contributed by atoms with van der Waals surface area (Å²) in [4.78, 5) is 56.5. The third kappa shape index (κ3) is 9.22. The van der Waals surface area contributed by atoms with Gasteiger partial charge in [0.05, 0.1) is 17.8 Å². The van der Waals surface area contributed by atoms with Gasteiger partial charge in [0.15, 0.2) is 12.4 Å². The van der Waals surface area contributed by atoms with Crippen LogP contribution in [0.3, 0.4) is 0 Å². The maximum atomic E-state index is 13.2. The fourth-order valence-corrected chi connectivity index (χ4v) is 8.67. The third-order valence-corrected chi connectivity index (χ3v) is 12.7. The van der Waals surface area contributed by atoms with Crippen molar-refractivity contribution in [1.82, 2.24) is 30.3 Å². The number of carbonyl (C=O) groups is 3. The number of benzene rings is 4. The summed E-state index contributed by atoms with van der Waals surface area (Å²) in [7, 11) is -2.42. The van der Waals surface area contributed by atoms with Gasteiger partial charge in [-0.25, -0.2) is 0 Å². The Labute approximate surface area is 344 Å². The van der Waals surface area contributed by atoms with Gasteiger partial charge in [0.1, 0.15) is 17.6 Å². The van der Waals surface area contributed by atoms with Gasteiger partial charge < -0.3 is 25.1 Å². The number of carbonyl (C=O) groups excluding carboxylic acids is 3. The first-order chi connectivity index (χ1) is 27.9. The summed E-state index contributed by atoms with van der Waals surface area (Å²) >= 11 is 6.25. The molecule has 4 aromatic carbocycles. The van der Waals surface area contributed by atoms with E-state index in [1.807, 2.05) is 97.1 Å². The Morgan fingerprint density at radius 1 is 0.914 bits per heavy atom. The smallest absolute Gasteiger partial charge is 0.258 e. The predicted octanol–water partition coefficient (Wildman–Crippen LogP) is 5.77. The molecule has 1 aromatic heterocycles. The van der Waals surface area contributed by atoms with Crippen LogP contribution < -0.4 is 20.6 Å². The lowest BCUT2D eigenvalue weighted by Crippen LogP contribution is -2.41. The van der Waals surface area contributed by atoms with Gasteiger partial charge in [0, 0.05) is 47.9 Å². The van der Waals surface area contributed by atoms with Crippen LogP contribution in [0.2, 0.25) is 18.1 Å². The number of rotatable bonds is 12.